The number of benzene rings is 1. The van der Waals surface area contributed by atoms with Crippen LogP contribution in [0.4, 0.5) is 5.00 Å². The molecular weight excluding hydrogens is 414 g/mol. The summed E-state index contributed by atoms with van der Waals surface area (Å²) in [5.74, 6) is -3.45. The number of amides is 1. The topological polar surface area (TPSA) is 92.7 Å². The Kier molecular flexibility index (Phi) is 5.96. The molecule has 2 N–H and O–H groups in total. The Morgan fingerprint density at radius 2 is 1.74 bits per heavy atom. The Bertz CT molecular complexity index is 1040. The van der Waals surface area contributed by atoms with Gasteiger partial charge in [-0.05, 0) is 36.7 Å². The fraction of sp³-hybridized carbons (Fsp3) is 0.375. The molecule has 7 heteroatoms. The molecule has 2 bridgehead atoms. The zero-order chi connectivity index (χ0) is 22.1. The highest BCUT2D eigenvalue weighted by Gasteiger charge is 2.48. The molecule has 0 spiro atoms. The number of anilines is 1. The maximum Gasteiger partial charge on any atom is 0.341 e. The predicted octanol–water partition coefficient (Wildman–Crippen LogP) is 4.62. The summed E-state index contributed by atoms with van der Waals surface area (Å²) in [6, 6.07) is 9.54. The zero-order valence-electron chi connectivity index (χ0n) is 17.5. The summed E-state index contributed by atoms with van der Waals surface area (Å²) in [7, 11) is 1.32. The van der Waals surface area contributed by atoms with Crippen molar-refractivity contribution >= 4 is 34.2 Å². The van der Waals surface area contributed by atoms with Crippen LogP contribution >= 0.6 is 11.3 Å². The lowest BCUT2D eigenvalue weighted by molar-refractivity contribution is -0.151. The van der Waals surface area contributed by atoms with Crippen LogP contribution in [0.15, 0.2) is 42.5 Å². The number of hydrogen-bond acceptors (Lipinski definition) is 5. The van der Waals surface area contributed by atoms with Gasteiger partial charge in [0.1, 0.15) is 10.6 Å². The summed E-state index contributed by atoms with van der Waals surface area (Å²) >= 11 is 1.35. The van der Waals surface area contributed by atoms with E-state index in [1.54, 1.807) is 0 Å². The zero-order valence-corrected chi connectivity index (χ0v) is 18.3. The third kappa shape index (κ3) is 3.78. The molecule has 4 atom stereocenters. The number of thiophene rings is 1. The summed E-state index contributed by atoms with van der Waals surface area (Å²) in [5, 5.41) is 13.1. The normalized spacial score (nSPS) is 24.1. The van der Waals surface area contributed by atoms with Crippen molar-refractivity contribution in [2.45, 2.75) is 26.2 Å². The second-order valence-electron chi connectivity index (χ2n) is 7.98. The smallest absolute Gasteiger partial charge is 0.341 e. The van der Waals surface area contributed by atoms with Gasteiger partial charge in [0.25, 0.3) is 0 Å². The van der Waals surface area contributed by atoms with Crippen molar-refractivity contribution in [3.05, 3.63) is 52.9 Å². The minimum atomic E-state index is -0.946. The van der Waals surface area contributed by atoms with Crippen molar-refractivity contribution in [3.63, 3.8) is 0 Å². The average molecular weight is 440 g/mol. The number of allylic oxidation sites excluding steroid dienone is 2. The van der Waals surface area contributed by atoms with Crippen LogP contribution in [0.5, 0.6) is 0 Å². The van der Waals surface area contributed by atoms with Gasteiger partial charge >= 0.3 is 11.9 Å². The molecule has 31 heavy (non-hydrogen) atoms. The molecule has 1 aromatic carbocycles. The summed E-state index contributed by atoms with van der Waals surface area (Å²) in [6.07, 6.45) is 6.17. The van der Waals surface area contributed by atoms with Gasteiger partial charge in [0.05, 0.1) is 18.9 Å². The molecule has 0 radical (unpaired) electrons. The third-order valence-electron chi connectivity index (χ3n) is 6.33. The van der Waals surface area contributed by atoms with Crippen molar-refractivity contribution in [3.8, 4) is 11.1 Å². The fourth-order valence-corrected chi connectivity index (χ4v) is 6.06. The first kappa shape index (κ1) is 21.3. The maximum atomic E-state index is 13.3. The number of rotatable bonds is 6. The van der Waals surface area contributed by atoms with Crippen LogP contribution in [0.2, 0.25) is 0 Å². The van der Waals surface area contributed by atoms with Crippen LogP contribution in [-0.4, -0.2) is 30.1 Å². The molecule has 0 unspecified atom stereocenters. The highest BCUT2D eigenvalue weighted by molar-refractivity contribution is 7.17. The van der Waals surface area contributed by atoms with E-state index in [9.17, 15) is 19.5 Å². The molecule has 3 aliphatic rings. The van der Waals surface area contributed by atoms with E-state index in [1.807, 2.05) is 49.4 Å². The molecule has 1 aromatic heterocycles. The molecule has 162 valence electrons. The van der Waals surface area contributed by atoms with Gasteiger partial charge < -0.3 is 15.2 Å². The van der Waals surface area contributed by atoms with Crippen molar-refractivity contribution < 1.29 is 24.2 Å². The van der Waals surface area contributed by atoms with Crippen molar-refractivity contribution in [1.29, 1.82) is 0 Å². The van der Waals surface area contributed by atoms with E-state index in [-0.39, 0.29) is 17.7 Å². The lowest BCUT2D eigenvalue weighted by Gasteiger charge is -2.41. The monoisotopic (exact) mass is 439 g/mol. The molecule has 2 aromatic rings. The summed E-state index contributed by atoms with van der Waals surface area (Å²) in [4.78, 5) is 39.0. The third-order valence-corrected chi connectivity index (χ3v) is 7.58. The maximum absolute atomic E-state index is 13.3. The van der Waals surface area contributed by atoms with Gasteiger partial charge in [0, 0.05) is 10.4 Å². The fourth-order valence-electron chi connectivity index (χ4n) is 4.91. The lowest BCUT2D eigenvalue weighted by atomic mass is 9.62. The first-order valence-electron chi connectivity index (χ1n) is 10.5. The number of aryl methyl sites for hydroxylation is 1. The van der Waals surface area contributed by atoms with Crippen LogP contribution in [0, 0.1) is 23.7 Å². The number of carboxylic acids is 1. The standard InChI is InChI=1S/C24H25NO5S/c1-3-16-17(13-7-5-4-6-8-13)20(24(29)30-2)22(31-16)25-21(26)18-14-9-11-15(12-10-14)19(18)23(27)28/h4-9,11,14-15,18-19H,3,10,12H2,1-2H3,(H,25,26)(H,27,28)/t14-,15+,18+,19+/m1/s1. The number of fused-ring (bicyclic) bond motifs is 2. The van der Waals surface area contributed by atoms with Crippen molar-refractivity contribution in [2.75, 3.05) is 12.4 Å². The Morgan fingerprint density at radius 3 is 2.29 bits per heavy atom. The Balaban J connectivity index is 1.74. The molecule has 0 aliphatic heterocycles. The Hall–Kier alpha value is -2.93. The van der Waals surface area contributed by atoms with Crippen LogP contribution in [0.1, 0.15) is 35.0 Å². The van der Waals surface area contributed by atoms with Gasteiger partial charge in [-0.1, -0.05) is 49.4 Å². The van der Waals surface area contributed by atoms with E-state index in [1.165, 1.54) is 18.4 Å². The molecule has 1 heterocycles. The Morgan fingerprint density at radius 1 is 1.10 bits per heavy atom. The van der Waals surface area contributed by atoms with Crippen molar-refractivity contribution in [1.82, 2.24) is 0 Å². The Labute approximate surface area is 184 Å². The minimum Gasteiger partial charge on any atom is -0.481 e. The number of ether oxygens (including phenoxy) is 1. The first-order chi connectivity index (χ1) is 15.0. The number of carbonyl (C=O) groups is 3. The summed E-state index contributed by atoms with van der Waals surface area (Å²) < 4.78 is 5.04. The van der Waals surface area contributed by atoms with E-state index in [0.717, 1.165) is 28.8 Å². The minimum absolute atomic E-state index is 0.105. The number of hydrogen-bond donors (Lipinski definition) is 2. The molecule has 1 saturated carbocycles. The van der Waals surface area contributed by atoms with Crippen LogP contribution in [-0.2, 0) is 20.7 Å². The summed E-state index contributed by atoms with van der Waals surface area (Å²) in [5.41, 5.74) is 1.96. The number of carboxylic acid groups (broad SMARTS) is 1. The van der Waals surface area contributed by atoms with Gasteiger partial charge in [-0.3, -0.25) is 9.59 Å². The quantitative estimate of drug-likeness (QED) is 0.506. The number of esters is 1. The van der Waals surface area contributed by atoms with E-state index in [2.05, 4.69) is 5.32 Å². The van der Waals surface area contributed by atoms with Crippen molar-refractivity contribution in [2.24, 2.45) is 23.7 Å². The van der Waals surface area contributed by atoms with Gasteiger partial charge in [-0.25, -0.2) is 4.79 Å². The summed E-state index contributed by atoms with van der Waals surface area (Å²) in [6.45, 7) is 2.00. The second-order valence-corrected chi connectivity index (χ2v) is 9.09. The number of carbonyl (C=O) groups excluding carboxylic acids is 2. The van der Waals surface area contributed by atoms with E-state index in [0.29, 0.717) is 17.0 Å². The highest BCUT2D eigenvalue weighted by Crippen LogP contribution is 2.47. The van der Waals surface area contributed by atoms with Gasteiger partial charge in [0.2, 0.25) is 5.91 Å². The molecule has 3 aliphatic carbocycles. The molecule has 1 fully saturated rings. The largest absolute Gasteiger partial charge is 0.481 e. The van der Waals surface area contributed by atoms with Gasteiger partial charge in [-0.2, -0.15) is 0 Å². The number of aliphatic carboxylic acids is 1. The molecule has 5 rings (SSSR count). The predicted molar refractivity (Wildman–Crippen MR) is 119 cm³/mol. The van der Waals surface area contributed by atoms with Crippen LogP contribution < -0.4 is 5.32 Å². The first-order valence-corrected chi connectivity index (χ1v) is 11.3. The molecule has 6 nitrogen and oxygen atoms in total. The number of methoxy groups -OCH3 is 1. The second kappa shape index (κ2) is 8.67. The average Bonchev–Trinajstić information content (AvgIpc) is 3.17. The van der Waals surface area contributed by atoms with E-state index < -0.39 is 23.8 Å². The SMILES string of the molecule is CCc1sc(NC(=O)[C@@H]2[C@@H](C(=O)O)[C@H]3C=C[C@@H]2CC3)c(C(=O)OC)c1-c1ccccc1. The highest BCUT2D eigenvalue weighted by atomic mass is 32.1. The molecule has 0 saturated heterocycles. The lowest BCUT2D eigenvalue weighted by Crippen LogP contribution is -2.47. The van der Waals surface area contributed by atoms with Gasteiger partial charge in [-0.15, -0.1) is 11.3 Å². The molecular formula is C24H25NO5S. The van der Waals surface area contributed by atoms with Crippen LogP contribution in [0.25, 0.3) is 11.1 Å². The van der Waals surface area contributed by atoms with Crippen LogP contribution in [0.3, 0.4) is 0 Å². The number of nitrogens with one attached hydrogen (secondary N) is 1. The van der Waals surface area contributed by atoms with Gasteiger partial charge in [0.15, 0.2) is 0 Å². The van der Waals surface area contributed by atoms with E-state index >= 15 is 0 Å². The molecule has 1 amide bonds. The van der Waals surface area contributed by atoms with E-state index in [4.69, 9.17) is 4.74 Å².